The van der Waals surface area contributed by atoms with Crippen molar-refractivity contribution in [1.82, 2.24) is 5.32 Å². The van der Waals surface area contributed by atoms with Crippen LogP contribution >= 0.6 is 0 Å². The summed E-state index contributed by atoms with van der Waals surface area (Å²) in [7, 11) is 0. The predicted octanol–water partition coefficient (Wildman–Crippen LogP) is 17.3. The predicted molar refractivity (Wildman–Crippen MR) is 448 cm³/mol. The molecule has 111 heavy (non-hydrogen) atoms. The lowest BCUT2D eigenvalue weighted by molar-refractivity contribution is -0.379. The van der Waals surface area contributed by atoms with Gasteiger partial charge in [0.25, 0.3) is 0 Å². The van der Waals surface area contributed by atoms with E-state index < -0.39 is 124 Å². The van der Waals surface area contributed by atoms with Crippen molar-refractivity contribution in [3.8, 4) is 0 Å². The van der Waals surface area contributed by atoms with Gasteiger partial charge < -0.3 is 89.9 Å². The van der Waals surface area contributed by atoms with Crippen LogP contribution in [-0.4, -0.2) is 193 Å². The lowest BCUT2D eigenvalue weighted by atomic mass is 9.96. The molecule has 0 aliphatic carbocycles. The summed E-state index contributed by atoms with van der Waals surface area (Å²) in [4.78, 5) is 13.5. The van der Waals surface area contributed by atoms with E-state index in [-0.39, 0.29) is 18.9 Å². The number of carbonyl (C=O) groups is 1. The highest BCUT2D eigenvalue weighted by Crippen LogP contribution is 2.34. The maximum Gasteiger partial charge on any atom is 0.220 e. The topological polar surface area (TPSA) is 307 Å². The van der Waals surface area contributed by atoms with E-state index in [1.165, 1.54) is 257 Å². The highest BCUT2D eigenvalue weighted by molar-refractivity contribution is 5.76. The van der Waals surface area contributed by atoms with Crippen LogP contribution in [-0.2, 0) is 33.2 Å². The smallest absolute Gasteiger partial charge is 0.220 e. The first-order valence-electron chi connectivity index (χ1n) is 45.3. The van der Waals surface area contributed by atoms with E-state index in [0.29, 0.717) is 12.8 Å². The van der Waals surface area contributed by atoms with Crippen LogP contribution < -0.4 is 5.32 Å². The number of carbonyl (C=O) groups excluding carboxylic acids is 1. The van der Waals surface area contributed by atoms with Crippen molar-refractivity contribution < 1.29 is 89.4 Å². The Kier molecular flexibility index (Phi) is 65.4. The number of nitrogens with one attached hydrogen (secondary N) is 1. The van der Waals surface area contributed by atoms with E-state index in [4.69, 9.17) is 28.4 Å². The number of aliphatic hydroxyl groups is 11. The Balaban J connectivity index is 1.33. The van der Waals surface area contributed by atoms with Crippen LogP contribution in [0.5, 0.6) is 0 Å². The lowest BCUT2D eigenvalue weighted by Gasteiger charge is -2.48. The summed E-state index contributed by atoms with van der Waals surface area (Å²) in [6.45, 7) is 1.65. The molecule has 0 radical (unpaired) electrons. The molecule has 0 bridgehead atoms. The number of rotatable bonds is 73. The molecule has 0 aromatic rings. The van der Waals surface area contributed by atoms with Gasteiger partial charge in [0.2, 0.25) is 5.91 Å². The van der Waals surface area contributed by atoms with Crippen molar-refractivity contribution in [2.45, 2.75) is 465 Å². The molecule has 3 saturated heterocycles. The third-order valence-corrected chi connectivity index (χ3v) is 22.2. The molecule has 17 atom stereocenters. The van der Waals surface area contributed by atoms with E-state index >= 15 is 0 Å². The average Bonchev–Trinajstić information content (AvgIpc) is 0.779. The minimum absolute atomic E-state index is 0.233. The number of amides is 1. The van der Waals surface area contributed by atoms with Crippen LogP contribution in [0.3, 0.4) is 0 Å². The Hall–Kier alpha value is -3.03. The fourth-order valence-corrected chi connectivity index (χ4v) is 15.0. The Labute approximate surface area is 673 Å². The van der Waals surface area contributed by atoms with E-state index in [2.05, 4.69) is 92.1 Å². The molecule has 646 valence electrons. The zero-order chi connectivity index (χ0) is 80.3. The Morgan fingerprint density at radius 2 is 0.631 bits per heavy atom. The monoisotopic (exact) mass is 1570 g/mol. The van der Waals surface area contributed by atoms with E-state index in [1.54, 1.807) is 6.08 Å². The zero-order valence-corrected chi connectivity index (χ0v) is 69.7. The fourth-order valence-electron chi connectivity index (χ4n) is 15.0. The maximum atomic E-state index is 13.5. The van der Waals surface area contributed by atoms with Crippen LogP contribution in [0, 0.1) is 0 Å². The van der Waals surface area contributed by atoms with Gasteiger partial charge in [-0.05, 0) is 83.5 Å². The van der Waals surface area contributed by atoms with Crippen molar-refractivity contribution in [1.29, 1.82) is 0 Å². The Bertz CT molecular complexity index is 2330. The number of hydrogen-bond acceptors (Lipinski definition) is 18. The van der Waals surface area contributed by atoms with Gasteiger partial charge in [0.05, 0.1) is 38.6 Å². The summed E-state index contributed by atoms with van der Waals surface area (Å²) >= 11 is 0. The molecular formula is C92H165NO18. The summed E-state index contributed by atoms with van der Waals surface area (Å²) in [5.41, 5.74) is 0. The SMILES string of the molecule is CC/C=C\C/C=C\C/C=C\C/C=C\CCCCCCCCCCCCCCCCCCCCCCCCCCC(=O)NC(COC1OC(CO)C(OC2OC(CO)C(OC3OC(CO)C(O)C(O)C3O)C(O)C2O)C(O)C1O)C(O)/C=C/CC/C=C/CC/C=C/CCCCCCCCCCCCCCCCCCCCC. The molecule has 3 fully saturated rings. The minimum Gasteiger partial charge on any atom is -0.394 e. The van der Waals surface area contributed by atoms with Gasteiger partial charge in [0, 0.05) is 6.42 Å². The molecule has 19 heteroatoms. The number of unbranched alkanes of at least 4 members (excludes halogenated alkanes) is 45. The van der Waals surface area contributed by atoms with Crippen LogP contribution in [0.15, 0.2) is 85.1 Å². The van der Waals surface area contributed by atoms with Crippen LogP contribution in [0.2, 0.25) is 0 Å². The first-order valence-corrected chi connectivity index (χ1v) is 45.3. The molecule has 19 nitrogen and oxygen atoms in total. The van der Waals surface area contributed by atoms with Crippen molar-refractivity contribution in [2.24, 2.45) is 0 Å². The largest absolute Gasteiger partial charge is 0.394 e. The number of hydrogen-bond donors (Lipinski definition) is 12. The molecule has 0 spiro atoms. The van der Waals surface area contributed by atoms with Crippen molar-refractivity contribution in [2.75, 3.05) is 26.4 Å². The highest BCUT2D eigenvalue weighted by Gasteiger charge is 2.54. The average molecular weight is 1570 g/mol. The van der Waals surface area contributed by atoms with E-state index in [1.807, 2.05) is 6.08 Å². The normalized spacial score (nSPS) is 25.4. The standard InChI is InChI=1S/C92H165NO18/c1-3-5-7-9-11-13-15-17-19-21-23-25-27-29-31-33-34-35-36-37-38-39-40-42-44-46-48-50-52-54-56-58-60-62-64-66-68-70-80(98)93-75(76(97)69-67-65-63-61-59-57-55-53-51-49-47-45-43-41-32-30-28-26-24-22-20-18-16-14-12-10-8-6-4-2)74-106-90-86(104)83(101)88(78(72-95)108-90)111-92-87(105)84(102)89(79(73-96)109-92)110-91-85(103)82(100)81(99)77(71-94)107-91/h5,7,11,13,17,19,23,25,51,53,59,61,67,69,75-79,81-92,94-97,99-105H,3-4,6,8-10,12,14-16,18,20-22,24,26-50,52,54-58,60,62-66,68,70-74H2,1-2H3,(H,93,98)/b7-5-,13-11-,19-17-,25-23-,53-51+,61-59+,69-67+. The summed E-state index contributed by atoms with van der Waals surface area (Å²) < 4.78 is 34.5. The first-order chi connectivity index (χ1) is 54.3. The van der Waals surface area contributed by atoms with Crippen LogP contribution in [0.4, 0.5) is 0 Å². The Morgan fingerprint density at radius 1 is 0.333 bits per heavy atom. The molecule has 3 heterocycles. The van der Waals surface area contributed by atoms with E-state index in [9.17, 15) is 61.0 Å². The molecular weight excluding hydrogens is 1410 g/mol. The van der Waals surface area contributed by atoms with Gasteiger partial charge in [-0.3, -0.25) is 4.79 Å². The molecule has 3 aliphatic heterocycles. The summed E-state index contributed by atoms with van der Waals surface area (Å²) in [6, 6.07) is -1.00. The molecule has 0 aromatic heterocycles. The molecule has 12 N–H and O–H groups in total. The fraction of sp³-hybridized carbons (Fsp3) is 0.837. The van der Waals surface area contributed by atoms with Crippen molar-refractivity contribution in [3.05, 3.63) is 85.1 Å². The van der Waals surface area contributed by atoms with Gasteiger partial charge in [-0.15, -0.1) is 0 Å². The van der Waals surface area contributed by atoms with Gasteiger partial charge >= 0.3 is 0 Å². The molecule has 3 aliphatic rings. The summed E-state index contributed by atoms with van der Waals surface area (Å²) in [5, 5.41) is 121. The first kappa shape index (κ1) is 102. The number of aliphatic hydroxyl groups excluding tert-OH is 11. The summed E-state index contributed by atoms with van der Waals surface area (Å²) in [5.74, 6) is -0.284. The van der Waals surface area contributed by atoms with Crippen LogP contribution in [0.25, 0.3) is 0 Å². The molecule has 1 amide bonds. The zero-order valence-electron chi connectivity index (χ0n) is 69.7. The molecule has 3 rings (SSSR count). The second-order valence-corrected chi connectivity index (χ2v) is 32.0. The minimum atomic E-state index is -1.99. The van der Waals surface area contributed by atoms with Crippen molar-refractivity contribution >= 4 is 5.91 Å². The Morgan fingerprint density at radius 3 is 1.01 bits per heavy atom. The van der Waals surface area contributed by atoms with Crippen molar-refractivity contribution in [3.63, 3.8) is 0 Å². The maximum absolute atomic E-state index is 13.5. The quantitative estimate of drug-likeness (QED) is 0.0199. The lowest BCUT2D eigenvalue weighted by Crippen LogP contribution is -2.66. The number of ether oxygens (including phenoxy) is 6. The molecule has 0 saturated carbocycles. The van der Waals surface area contributed by atoms with Gasteiger partial charge in [0.15, 0.2) is 18.9 Å². The third kappa shape index (κ3) is 49.7. The second-order valence-electron chi connectivity index (χ2n) is 32.0. The highest BCUT2D eigenvalue weighted by atomic mass is 16.8. The van der Waals surface area contributed by atoms with Gasteiger partial charge in [-0.1, -0.05) is 356 Å². The molecule has 0 aromatic carbocycles. The number of allylic oxidation sites excluding steroid dienone is 13. The van der Waals surface area contributed by atoms with Crippen LogP contribution in [0.1, 0.15) is 361 Å². The summed E-state index contributed by atoms with van der Waals surface area (Å²) in [6.07, 6.45) is 70.3. The van der Waals surface area contributed by atoms with E-state index in [0.717, 1.165) is 70.6 Å². The molecule has 17 unspecified atom stereocenters. The van der Waals surface area contributed by atoms with Gasteiger partial charge in [-0.25, -0.2) is 0 Å². The third-order valence-electron chi connectivity index (χ3n) is 22.2. The van der Waals surface area contributed by atoms with Gasteiger partial charge in [0.1, 0.15) is 73.2 Å². The van der Waals surface area contributed by atoms with Gasteiger partial charge in [-0.2, -0.15) is 0 Å². The second kappa shape index (κ2) is 71.1.